The van der Waals surface area contributed by atoms with Crippen molar-refractivity contribution in [3.8, 4) is 11.5 Å². The monoisotopic (exact) mass is 297 g/mol. The van der Waals surface area contributed by atoms with Gasteiger partial charge in [0.15, 0.2) is 11.5 Å². The number of ether oxygens (including phenoxy) is 2. The fourth-order valence-corrected chi connectivity index (χ4v) is 2.38. The molecule has 0 bridgehead atoms. The highest BCUT2D eigenvalue weighted by Crippen LogP contribution is 2.30. The van der Waals surface area contributed by atoms with E-state index in [1.54, 1.807) is 0 Å². The van der Waals surface area contributed by atoms with Gasteiger partial charge in [0.05, 0.1) is 6.54 Å². The highest BCUT2D eigenvalue weighted by atomic mass is 16.6. The normalized spacial score (nSPS) is 16.1. The summed E-state index contributed by atoms with van der Waals surface area (Å²) in [7, 11) is 0. The topological polar surface area (TPSA) is 47.6 Å². The Morgan fingerprint density at radius 2 is 1.77 bits per heavy atom. The molecule has 1 aliphatic heterocycles. The van der Waals surface area contributed by atoms with E-state index in [0.717, 1.165) is 17.9 Å². The van der Waals surface area contributed by atoms with Gasteiger partial charge in [-0.3, -0.25) is 4.79 Å². The van der Waals surface area contributed by atoms with Crippen LogP contribution in [0.2, 0.25) is 0 Å². The molecule has 0 spiro atoms. The molecule has 3 rings (SSSR count). The van der Waals surface area contributed by atoms with Crippen LogP contribution in [0, 0.1) is 0 Å². The number of para-hydroxylation sites is 2. The highest BCUT2D eigenvalue weighted by molar-refractivity contribution is 5.76. The van der Waals surface area contributed by atoms with Crippen LogP contribution in [-0.4, -0.2) is 25.2 Å². The van der Waals surface area contributed by atoms with Gasteiger partial charge in [0.2, 0.25) is 5.91 Å². The average molecular weight is 297 g/mol. The fourth-order valence-electron chi connectivity index (χ4n) is 2.38. The molecule has 1 unspecified atom stereocenters. The van der Waals surface area contributed by atoms with E-state index in [4.69, 9.17) is 9.47 Å². The summed E-state index contributed by atoms with van der Waals surface area (Å²) in [6.45, 7) is 0.915. The maximum atomic E-state index is 11.9. The smallest absolute Gasteiger partial charge is 0.220 e. The molecular formula is C18H19NO3. The van der Waals surface area contributed by atoms with Crippen LogP contribution in [-0.2, 0) is 11.2 Å². The van der Waals surface area contributed by atoms with Gasteiger partial charge in [0.25, 0.3) is 0 Å². The number of carbonyl (C=O) groups is 1. The Labute approximate surface area is 130 Å². The number of hydrogen-bond acceptors (Lipinski definition) is 3. The van der Waals surface area contributed by atoms with Crippen LogP contribution in [0.1, 0.15) is 12.0 Å². The SMILES string of the molecule is O=C(CCc1ccccc1)NCC1COc2ccccc2O1. The number of nitrogens with one attached hydrogen (secondary N) is 1. The predicted octanol–water partition coefficient (Wildman–Crippen LogP) is 2.58. The molecule has 114 valence electrons. The lowest BCUT2D eigenvalue weighted by molar-refractivity contribution is -0.121. The third kappa shape index (κ3) is 3.79. The second-order valence-electron chi connectivity index (χ2n) is 5.29. The third-order valence-corrected chi connectivity index (χ3v) is 3.58. The largest absolute Gasteiger partial charge is 0.486 e. The van der Waals surface area contributed by atoms with E-state index in [9.17, 15) is 4.79 Å². The molecule has 0 radical (unpaired) electrons. The summed E-state index contributed by atoms with van der Waals surface area (Å²) in [5, 5.41) is 2.91. The lowest BCUT2D eigenvalue weighted by Crippen LogP contribution is -2.40. The Balaban J connectivity index is 1.42. The van der Waals surface area contributed by atoms with Crippen LogP contribution in [0.4, 0.5) is 0 Å². The first-order valence-corrected chi connectivity index (χ1v) is 7.50. The molecule has 1 heterocycles. The summed E-state index contributed by atoms with van der Waals surface area (Å²) >= 11 is 0. The van der Waals surface area contributed by atoms with E-state index in [2.05, 4.69) is 5.32 Å². The Morgan fingerprint density at radius 1 is 1.05 bits per heavy atom. The van der Waals surface area contributed by atoms with Gasteiger partial charge in [-0.15, -0.1) is 0 Å². The molecule has 4 heteroatoms. The van der Waals surface area contributed by atoms with Crippen LogP contribution >= 0.6 is 0 Å². The Hall–Kier alpha value is -2.49. The minimum atomic E-state index is -0.143. The van der Waals surface area contributed by atoms with E-state index >= 15 is 0 Å². The van der Waals surface area contributed by atoms with Crippen molar-refractivity contribution in [1.29, 1.82) is 0 Å². The van der Waals surface area contributed by atoms with E-state index in [1.165, 1.54) is 5.56 Å². The van der Waals surface area contributed by atoms with Crippen molar-refractivity contribution in [1.82, 2.24) is 5.32 Å². The van der Waals surface area contributed by atoms with Crippen LogP contribution in [0.3, 0.4) is 0 Å². The molecule has 1 atom stereocenters. The molecule has 0 saturated heterocycles. The molecule has 0 aliphatic carbocycles. The van der Waals surface area contributed by atoms with E-state index < -0.39 is 0 Å². The lowest BCUT2D eigenvalue weighted by atomic mass is 10.1. The molecule has 0 saturated carbocycles. The maximum Gasteiger partial charge on any atom is 0.220 e. The van der Waals surface area contributed by atoms with Crippen molar-refractivity contribution in [2.24, 2.45) is 0 Å². The average Bonchev–Trinajstić information content (AvgIpc) is 2.59. The van der Waals surface area contributed by atoms with Crippen LogP contribution in [0.15, 0.2) is 54.6 Å². The Bertz CT molecular complexity index is 627. The number of carbonyl (C=O) groups excluding carboxylic acids is 1. The first kappa shape index (κ1) is 14.4. The van der Waals surface area contributed by atoms with Crippen molar-refractivity contribution < 1.29 is 14.3 Å². The molecular weight excluding hydrogens is 278 g/mol. The van der Waals surface area contributed by atoms with Crippen molar-refractivity contribution >= 4 is 5.91 Å². The van der Waals surface area contributed by atoms with Crippen molar-refractivity contribution in [2.45, 2.75) is 18.9 Å². The van der Waals surface area contributed by atoms with Gasteiger partial charge in [-0.25, -0.2) is 0 Å². The first-order chi connectivity index (χ1) is 10.8. The first-order valence-electron chi connectivity index (χ1n) is 7.50. The minimum absolute atomic E-state index is 0.0336. The minimum Gasteiger partial charge on any atom is -0.486 e. The zero-order valence-corrected chi connectivity index (χ0v) is 12.3. The second kappa shape index (κ2) is 6.98. The predicted molar refractivity (Wildman–Crippen MR) is 84.1 cm³/mol. The number of rotatable bonds is 5. The molecule has 2 aromatic carbocycles. The van der Waals surface area contributed by atoms with Crippen molar-refractivity contribution in [2.75, 3.05) is 13.2 Å². The van der Waals surface area contributed by atoms with E-state index in [-0.39, 0.29) is 12.0 Å². The number of aryl methyl sites for hydroxylation is 1. The lowest BCUT2D eigenvalue weighted by Gasteiger charge is -2.26. The maximum absolute atomic E-state index is 11.9. The zero-order chi connectivity index (χ0) is 15.2. The zero-order valence-electron chi connectivity index (χ0n) is 12.3. The summed E-state index contributed by atoms with van der Waals surface area (Å²) < 4.78 is 11.4. The summed E-state index contributed by atoms with van der Waals surface area (Å²) in [6, 6.07) is 17.6. The molecule has 0 fully saturated rings. The quantitative estimate of drug-likeness (QED) is 0.922. The van der Waals surface area contributed by atoms with Gasteiger partial charge in [-0.2, -0.15) is 0 Å². The summed E-state index contributed by atoms with van der Waals surface area (Å²) in [5.41, 5.74) is 1.17. The molecule has 1 N–H and O–H groups in total. The number of fused-ring (bicyclic) bond motifs is 1. The Kier molecular flexibility index (Phi) is 4.59. The summed E-state index contributed by atoms with van der Waals surface area (Å²) in [6.07, 6.45) is 1.08. The van der Waals surface area contributed by atoms with E-state index in [0.29, 0.717) is 19.6 Å². The van der Waals surface area contributed by atoms with Crippen molar-refractivity contribution in [3.63, 3.8) is 0 Å². The van der Waals surface area contributed by atoms with Crippen LogP contribution in [0.5, 0.6) is 11.5 Å². The summed E-state index contributed by atoms with van der Waals surface area (Å²) in [4.78, 5) is 11.9. The van der Waals surface area contributed by atoms with Gasteiger partial charge in [0, 0.05) is 6.42 Å². The molecule has 0 aromatic heterocycles. The number of amides is 1. The van der Waals surface area contributed by atoms with Crippen molar-refractivity contribution in [3.05, 3.63) is 60.2 Å². The van der Waals surface area contributed by atoms with Gasteiger partial charge < -0.3 is 14.8 Å². The van der Waals surface area contributed by atoms with Gasteiger partial charge in [-0.05, 0) is 24.1 Å². The number of benzene rings is 2. The van der Waals surface area contributed by atoms with Gasteiger partial charge in [-0.1, -0.05) is 42.5 Å². The molecule has 1 aliphatic rings. The summed E-state index contributed by atoms with van der Waals surface area (Å²) in [5.74, 6) is 1.53. The standard InChI is InChI=1S/C18H19NO3/c20-18(11-10-14-6-2-1-3-7-14)19-12-15-13-21-16-8-4-5-9-17(16)22-15/h1-9,15H,10-13H2,(H,19,20). The fraction of sp³-hybridized carbons (Fsp3) is 0.278. The van der Waals surface area contributed by atoms with Gasteiger partial charge >= 0.3 is 0 Å². The highest BCUT2D eigenvalue weighted by Gasteiger charge is 2.20. The Morgan fingerprint density at radius 3 is 2.59 bits per heavy atom. The third-order valence-electron chi connectivity index (χ3n) is 3.58. The second-order valence-corrected chi connectivity index (χ2v) is 5.29. The van der Waals surface area contributed by atoms with Crippen LogP contribution < -0.4 is 14.8 Å². The molecule has 1 amide bonds. The van der Waals surface area contributed by atoms with E-state index in [1.807, 2.05) is 54.6 Å². The number of hydrogen-bond donors (Lipinski definition) is 1. The van der Waals surface area contributed by atoms with Crippen LogP contribution in [0.25, 0.3) is 0 Å². The molecule has 2 aromatic rings. The molecule has 4 nitrogen and oxygen atoms in total. The molecule has 22 heavy (non-hydrogen) atoms. The van der Waals surface area contributed by atoms with Gasteiger partial charge in [0.1, 0.15) is 12.7 Å².